The van der Waals surface area contributed by atoms with E-state index in [1.807, 2.05) is 24.4 Å². The van der Waals surface area contributed by atoms with E-state index in [4.69, 9.17) is 5.11 Å². The highest BCUT2D eigenvalue weighted by atomic mass is 79.9. The molecule has 2 rings (SSSR count). The molecular weight excluding hydrogens is 345 g/mol. The number of carbonyl (C=O) groups is 1. The summed E-state index contributed by atoms with van der Waals surface area (Å²) in [6.07, 6.45) is 0. The van der Waals surface area contributed by atoms with Crippen molar-refractivity contribution in [3.05, 3.63) is 50.4 Å². The van der Waals surface area contributed by atoms with Gasteiger partial charge in [-0.05, 0) is 46.4 Å². The molecule has 0 saturated carbocycles. The maximum absolute atomic E-state index is 14.3. The lowest BCUT2D eigenvalue weighted by Crippen LogP contribution is -2.22. The molecule has 1 unspecified atom stereocenters. The Balaban J connectivity index is 2.38. The first-order valence-corrected chi connectivity index (χ1v) is 7.58. The number of aromatic carboxylic acids is 1. The fourth-order valence-electron chi connectivity index (χ4n) is 1.91. The van der Waals surface area contributed by atoms with E-state index < -0.39 is 11.8 Å². The summed E-state index contributed by atoms with van der Waals surface area (Å²) < 4.78 is 14.3. The first-order chi connectivity index (χ1) is 9.43. The predicted octanol–water partition coefficient (Wildman–Crippen LogP) is 4.55. The summed E-state index contributed by atoms with van der Waals surface area (Å²) in [7, 11) is 1.79. The molecule has 1 aromatic carbocycles. The lowest BCUT2D eigenvalue weighted by Gasteiger charge is -2.27. The minimum atomic E-state index is -1.16. The quantitative estimate of drug-likeness (QED) is 0.872. The number of benzene rings is 1. The predicted molar refractivity (Wildman–Crippen MR) is 82.2 cm³/mol. The maximum Gasteiger partial charge on any atom is 0.336 e. The average molecular weight is 358 g/mol. The van der Waals surface area contributed by atoms with Crippen LogP contribution in [0.15, 0.2) is 34.1 Å². The van der Waals surface area contributed by atoms with Crippen LogP contribution in [-0.4, -0.2) is 18.1 Å². The minimum Gasteiger partial charge on any atom is -0.478 e. The molecule has 0 bridgehead atoms. The third-order valence-corrected chi connectivity index (χ3v) is 5.03. The van der Waals surface area contributed by atoms with Crippen molar-refractivity contribution in [1.29, 1.82) is 0 Å². The standard InChI is InChI=1S/C14H13BrFNO2S/c1-8(11-4-3-7-20-11)17(2)10-6-5-9(14(18)19)12(15)13(10)16/h3-8H,1-2H3,(H,18,19). The van der Waals surface area contributed by atoms with E-state index in [1.54, 1.807) is 23.3 Å². The zero-order valence-corrected chi connectivity index (χ0v) is 13.3. The Morgan fingerprint density at radius 1 is 1.45 bits per heavy atom. The molecule has 2 aromatic rings. The minimum absolute atomic E-state index is 0.00655. The normalized spacial score (nSPS) is 12.2. The van der Waals surface area contributed by atoms with Gasteiger partial charge in [-0.25, -0.2) is 9.18 Å². The van der Waals surface area contributed by atoms with Gasteiger partial charge in [-0.2, -0.15) is 0 Å². The number of nitrogens with zero attached hydrogens (tertiary/aromatic N) is 1. The van der Waals surface area contributed by atoms with Gasteiger partial charge in [-0.3, -0.25) is 0 Å². The van der Waals surface area contributed by atoms with Gasteiger partial charge in [-0.1, -0.05) is 6.07 Å². The topological polar surface area (TPSA) is 40.5 Å². The molecule has 0 saturated heterocycles. The van der Waals surface area contributed by atoms with E-state index in [0.717, 1.165) is 4.88 Å². The van der Waals surface area contributed by atoms with Crippen LogP contribution < -0.4 is 4.90 Å². The summed E-state index contributed by atoms with van der Waals surface area (Å²) in [4.78, 5) is 13.9. The van der Waals surface area contributed by atoms with E-state index in [9.17, 15) is 9.18 Å². The second-order valence-electron chi connectivity index (χ2n) is 4.37. The molecule has 106 valence electrons. The molecule has 1 aromatic heterocycles. The fourth-order valence-corrected chi connectivity index (χ4v) is 3.24. The van der Waals surface area contributed by atoms with Gasteiger partial charge < -0.3 is 10.0 Å². The third kappa shape index (κ3) is 2.71. The molecule has 0 aliphatic carbocycles. The van der Waals surface area contributed by atoms with Gasteiger partial charge in [0.1, 0.15) is 0 Å². The highest BCUT2D eigenvalue weighted by Crippen LogP contribution is 2.34. The van der Waals surface area contributed by atoms with E-state index in [1.165, 1.54) is 12.1 Å². The molecular formula is C14H13BrFNO2S. The highest BCUT2D eigenvalue weighted by Gasteiger charge is 2.21. The van der Waals surface area contributed by atoms with Crippen molar-refractivity contribution in [2.24, 2.45) is 0 Å². The maximum atomic E-state index is 14.3. The SMILES string of the molecule is CC(c1cccs1)N(C)c1ccc(C(=O)O)c(Br)c1F. The second kappa shape index (κ2) is 5.93. The van der Waals surface area contributed by atoms with E-state index >= 15 is 0 Å². The van der Waals surface area contributed by atoms with Gasteiger partial charge in [0.15, 0.2) is 5.82 Å². The number of hydrogen-bond acceptors (Lipinski definition) is 3. The first kappa shape index (κ1) is 15.0. The lowest BCUT2D eigenvalue weighted by molar-refractivity contribution is 0.0695. The smallest absolute Gasteiger partial charge is 0.336 e. The first-order valence-electron chi connectivity index (χ1n) is 5.91. The molecule has 1 heterocycles. The van der Waals surface area contributed by atoms with Crippen molar-refractivity contribution in [3.63, 3.8) is 0 Å². The summed E-state index contributed by atoms with van der Waals surface area (Å²) in [5.74, 6) is -1.72. The van der Waals surface area contributed by atoms with Gasteiger partial charge in [0.05, 0.1) is 21.8 Å². The molecule has 0 spiro atoms. The Labute approximate surface area is 128 Å². The molecule has 0 fully saturated rings. The van der Waals surface area contributed by atoms with Crippen molar-refractivity contribution in [1.82, 2.24) is 0 Å². The summed E-state index contributed by atoms with van der Waals surface area (Å²) in [5, 5.41) is 10.9. The van der Waals surface area contributed by atoms with Crippen LogP contribution in [0.25, 0.3) is 0 Å². The van der Waals surface area contributed by atoms with Crippen molar-refractivity contribution >= 4 is 38.9 Å². The Kier molecular flexibility index (Phi) is 4.45. The Hall–Kier alpha value is -1.40. The van der Waals surface area contributed by atoms with Gasteiger partial charge >= 0.3 is 5.97 Å². The van der Waals surface area contributed by atoms with Crippen LogP contribution in [0.2, 0.25) is 0 Å². The van der Waals surface area contributed by atoms with Crippen LogP contribution in [-0.2, 0) is 0 Å². The third-order valence-electron chi connectivity index (χ3n) is 3.21. The van der Waals surface area contributed by atoms with E-state index in [-0.39, 0.29) is 16.1 Å². The Morgan fingerprint density at radius 2 is 2.15 bits per heavy atom. The van der Waals surface area contributed by atoms with Crippen molar-refractivity contribution < 1.29 is 14.3 Å². The number of carboxylic acid groups (broad SMARTS) is 1. The Morgan fingerprint density at radius 3 is 2.70 bits per heavy atom. The zero-order valence-electron chi connectivity index (χ0n) is 10.9. The lowest BCUT2D eigenvalue weighted by atomic mass is 10.1. The second-order valence-corrected chi connectivity index (χ2v) is 6.14. The van der Waals surface area contributed by atoms with Crippen molar-refractivity contribution in [2.75, 3.05) is 11.9 Å². The summed E-state index contributed by atoms with van der Waals surface area (Å²) >= 11 is 4.62. The van der Waals surface area contributed by atoms with Crippen LogP contribution in [0.5, 0.6) is 0 Å². The molecule has 0 aliphatic heterocycles. The molecule has 0 radical (unpaired) electrons. The van der Waals surface area contributed by atoms with E-state index in [0.29, 0.717) is 5.69 Å². The van der Waals surface area contributed by atoms with Crippen molar-refractivity contribution in [3.8, 4) is 0 Å². The van der Waals surface area contributed by atoms with Crippen molar-refractivity contribution in [2.45, 2.75) is 13.0 Å². The highest BCUT2D eigenvalue weighted by molar-refractivity contribution is 9.10. The van der Waals surface area contributed by atoms with Gasteiger partial charge in [-0.15, -0.1) is 11.3 Å². The number of thiophene rings is 1. The van der Waals surface area contributed by atoms with E-state index in [2.05, 4.69) is 15.9 Å². The molecule has 3 nitrogen and oxygen atoms in total. The molecule has 1 N–H and O–H groups in total. The molecule has 1 atom stereocenters. The van der Waals surface area contributed by atoms with Crippen LogP contribution >= 0.6 is 27.3 Å². The summed E-state index contributed by atoms with van der Waals surface area (Å²) in [6.45, 7) is 1.98. The Bertz CT molecular complexity index is 630. The monoisotopic (exact) mass is 357 g/mol. The van der Waals surface area contributed by atoms with Crippen LogP contribution in [0.3, 0.4) is 0 Å². The van der Waals surface area contributed by atoms with Gasteiger partial charge in [0.2, 0.25) is 0 Å². The average Bonchev–Trinajstić information content (AvgIpc) is 2.93. The van der Waals surface area contributed by atoms with Crippen LogP contribution in [0.1, 0.15) is 28.2 Å². The molecule has 20 heavy (non-hydrogen) atoms. The van der Waals surface area contributed by atoms with Crippen LogP contribution in [0, 0.1) is 5.82 Å². The number of anilines is 1. The summed E-state index contributed by atoms with van der Waals surface area (Å²) in [5.41, 5.74) is 0.284. The zero-order chi connectivity index (χ0) is 14.9. The number of carboxylic acids is 1. The molecule has 0 aliphatic rings. The largest absolute Gasteiger partial charge is 0.478 e. The molecule has 0 amide bonds. The molecule has 6 heteroatoms. The summed E-state index contributed by atoms with van der Waals surface area (Å²) in [6, 6.07) is 6.84. The number of rotatable bonds is 4. The van der Waals surface area contributed by atoms with Gasteiger partial charge in [0, 0.05) is 11.9 Å². The number of hydrogen-bond donors (Lipinski definition) is 1. The van der Waals surface area contributed by atoms with Crippen LogP contribution in [0.4, 0.5) is 10.1 Å². The number of halogens is 2. The fraction of sp³-hybridized carbons (Fsp3) is 0.214. The van der Waals surface area contributed by atoms with Gasteiger partial charge in [0.25, 0.3) is 0 Å².